The molecule has 0 fully saturated rings. The molecule has 0 radical (unpaired) electrons. The fraction of sp³-hybridized carbons (Fsp3) is 0.0800. The van der Waals surface area contributed by atoms with Gasteiger partial charge in [-0.2, -0.15) is 0 Å². The summed E-state index contributed by atoms with van der Waals surface area (Å²) >= 11 is 0. The van der Waals surface area contributed by atoms with Crippen molar-refractivity contribution in [1.82, 2.24) is 0 Å². The van der Waals surface area contributed by atoms with Gasteiger partial charge in [0.25, 0.3) is 0 Å². The topological polar surface area (TPSA) is 12.4 Å². The number of rotatable bonds is 3. The van der Waals surface area contributed by atoms with Gasteiger partial charge in [0.2, 0.25) is 0 Å². The lowest BCUT2D eigenvalue weighted by molar-refractivity contribution is 0.572. The normalized spacial score (nSPS) is 21.1. The summed E-state index contributed by atoms with van der Waals surface area (Å²) in [6.07, 6.45) is 2.66. The van der Waals surface area contributed by atoms with E-state index in [1.54, 1.807) is 0 Å². The molecule has 0 spiro atoms. The standard InChI is InChI=1S/C25H18FN/c26-23-22-16-20(18-10-4-1-5-11-18)17-25(22,21-14-8-3-9-15-21)27-24(23)19-12-6-2-7-13-19/h1-16H,17H2. The molecule has 1 unspecified atom stereocenters. The number of fused-ring (bicyclic) bond motifs is 1. The Morgan fingerprint density at radius 1 is 0.704 bits per heavy atom. The Hall–Kier alpha value is -3.26. The van der Waals surface area contributed by atoms with Crippen molar-refractivity contribution >= 4 is 11.3 Å². The molecule has 5 rings (SSSR count). The van der Waals surface area contributed by atoms with Gasteiger partial charge in [0.1, 0.15) is 11.3 Å². The fourth-order valence-corrected chi connectivity index (χ4v) is 4.09. The predicted octanol–water partition coefficient (Wildman–Crippen LogP) is 6.10. The van der Waals surface area contributed by atoms with Crippen LogP contribution in [0.3, 0.4) is 0 Å². The second-order valence-corrected chi connectivity index (χ2v) is 6.99. The van der Waals surface area contributed by atoms with Crippen molar-refractivity contribution in [3.63, 3.8) is 0 Å². The third-order valence-electron chi connectivity index (χ3n) is 5.40. The summed E-state index contributed by atoms with van der Waals surface area (Å²) in [5.41, 5.74) is 4.55. The highest BCUT2D eigenvalue weighted by Gasteiger charge is 2.47. The van der Waals surface area contributed by atoms with Gasteiger partial charge in [-0.1, -0.05) is 91.0 Å². The largest absolute Gasteiger partial charge is 0.265 e. The van der Waals surface area contributed by atoms with Crippen molar-refractivity contribution < 1.29 is 4.39 Å². The van der Waals surface area contributed by atoms with Gasteiger partial charge in [-0.25, -0.2) is 4.39 Å². The minimum atomic E-state index is -0.679. The van der Waals surface area contributed by atoms with Crippen LogP contribution in [0.25, 0.3) is 5.57 Å². The first kappa shape index (κ1) is 16.0. The average Bonchev–Trinajstić information content (AvgIpc) is 3.26. The lowest BCUT2D eigenvalue weighted by Crippen LogP contribution is -2.20. The third kappa shape index (κ3) is 2.48. The molecule has 27 heavy (non-hydrogen) atoms. The Bertz CT molecular complexity index is 1080. The van der Waals surface area contributed by atoms with Gasteiger partial charge in [-0.15, -0.1) is 0 Å². The molecule has 1 heterocycles. The zero-order valence-corrected chi connectivity index (χ0v) is 14.8. The average molecular weight is 351 g/mol. The second-order valence-electron chi connectivity index (χ2n) is 6.99. The summed E-state index contributed by atoms with van der Waals surface area (Å²) in [5.74, 6) is -0.212. The number of hydrogen-bond acceptors (Lipinski definition) is 1. The highest BCUT2D eigenvalue weighted by Crippen LogP contribution is 2.53. The van der Waals surface area contributed by atoms with E-state index in [4.69, 9.17) is 4.99 Å². The van der Waals surface area contributed by atoms with E-state index < -0.39 is 5.54 Å². The van der Waals surface area contributed by atoms with E-state index >= 15 is 4.39 Å². The molecule has 0 aromatic heterocycles. The monoisotopic (exact) mass is 351 g/mol. The summed E-state index contributed by atoms with van der Waals surface area (Å²) in [7, 11) is 0. The molecular formula is C25H18FN. The van der Waals surface area contributed by atoms with Crippen LogP contribution in [-0.4, -0.2) is 5.71 Å². The maximum atomic E-state index is 15.6. The molecule has 1 aliphatic heterocycles. The van der Waals surface area contributed by atoms with Crippen LogP contribution in [0, 0.1) is 0 Å². The van der Waals surface area contributed by atoms with Crippen molar-refractivity contribution in [2.45, 2.75) is 12.0 Å². The second kappa shape index (κ2) is 6.17. The zero-order chi connectivity index (χ0) is 18.3. The minimum Gasteiger partial charge on any atom is -0.265 e. The van der Waals surface area contributed by atoms with E-state index in [-0.39, 0.29) is 5.83 Å². The Labute approximate surface area is 158 Å². The smallest absolute Gasteiger partial charge is 0.155 e. The van der Waals surface area contributed by atoms with Crippen LogP contribution in [0.5, 0.6) is 0 Å². The van der Waals surface area contributed by atoms with E-state index in [1.165, 1.54) is 0 Å². The molecule has 0 saturated carbocycles. The molecule has 1 atom stereocenters. The van der Waals surface area contributed by atoms with Crippen LogP contribution in [0.15, 0.2) is 113 Å². The molecule has 0 N–H and O–H groups in total. The number of benzene rings is 3. The van der Waals surface area contributed by atoms with Crippen molar-refractivity contribution in [3.8, 4) is 0 Å². The summed E-state index contributed by atoms with van der Waals surface area (Å²) < 4.78 is 15.6. The van der Waals surface area contributed by atoms with Gasteiger partial charge < -0.3 is 0 Å². The van der Waals surface area contributed by atoms with Crippen LogP contribution >= 0.6 is 0 Å². The fourth-order valence-electron chi connectivity index (χ4n) is 4.09. The lowest BCUT2D eigenvalue weighted by Gasteiger charge is -2.25. The first-order valence-electron chi connectivity index (χ1n) is 9.15. The van der Waals surface area contributed by atoms with Crippen molar-refractivity contribution in [2.24, 2.45) is 4.99 Å². The molecule has 2 heteroatoms. The molecule has 1 nitrogen and oxygen atoms in total. The maximum Gasteiger partial charge on any atom is 0.155 e. The SMILES string of the molecule is FC1=C2C=C(c3ccccc3)CC2(c2ccccc2)N=C1c1ccccc1. The first-order chi connectivity index (χ1) is 13.3. The Balaban J connectivity index is 1.70. The summed E-state index contributed by atoms with van der Waals surface area (Å²) in [6.45, 7) is 0. The molecule has 0 bridgehead atoms. The molecule has 0 saturated heterocycles. The van der Waals surface area contributed by atoms with Gasteiger partial charge >= 0.3 is 0 Å². The number of halogens is 1. The lowest BCUT2D eigenvalue weighted by atomic mass is 9.84. The van der Waals surface area contributed by atoms with E-state index in [2.05, 4.69) is 12.1 Å². The van der Waals surface area contributed by atoms with Gasteiger partial charge in [0.05, 0.1) is 0 Å². The number of nitrogens with zero attached hydrogens (tertiary/aromatic N) is 1. The summed E-state index contributed by atoms with van der Waals surface area (Å²) in [4.78, 5) is 4.99. The molecule has 2 aliphatic rings. The number of hydrogen-bond donors (Lipinski definition) is 0. The molecule has 3 aromatic carbocycles. The van der Waals surface area contributed by atoms with Gasteiger partial charge in [0.15, 0.2) is 5.83 Å². The van der Waals surface area contributed by atoms with E-state index in [0.29, 0.717) is 17.7 Å². The Morgan fingerprint density at radius 3 is 1.89 bits per heavy atom. The first-order valence-corrected chi connectivity index (χ1v) is 9.15. The minimum absolute atomic E-state index is 0.212. The highest BCUT2D eigenvalue weighted by atomic mass is 19.1. The summed E-state index contributed by atoms with van der Waals surface area (Å²) in [6, 6.07) is 29.9. The quantitative estimate of drug-likeness (QED) is 0.541. The highest BCUT2D eigenvalue weighted by molar-refractivity contribution is 6.15. The van der Waals surface area contributed by atoms with Crippen LogP contribution in [-0.2, 0) is 5.54 Å². The zero-order valence-electron chi connectivity index (χ0n) is 14.8. The van der Waals surface area contributed by atoms with Crippen molar-refractivity contribution in [2.75, 3.05) is 0 Å². The Kier molecular flexibility index (Phi) is 3.64. The van der Waals surface area contributed by atoms with Crippen LogP contribution in [0.1, 0.15) is 23.1 Å². The van der Waals surface area contributed by atoms with E-state index in [0.717, 1.165) is 22.3 Å². The van der Waals surface area contributed by atoms with Gasteiger partial charge in [-0.05, 0) is 22.8 Å². The molecule has 130 valence electrons. The van der Waals surface area contributed by atoms with Crippen molar-refractivity contribution in [3.05, 3.63) is 125 Å². The van der Waals surface area contributed by atoms with Crippen molar-refractivity contribution in [1.29, 1.82) is 0 Å². The molecular weight excluding hydrogens is 333 g/mol. The summed E-state index contributed by atoms with van der Waals surface area (Å²) in [5, 5.41) is 0. The van der Waals surface area contributed by atoms with Crippen LogP contribution < -0.4 is 0 Å². The van der Waals surface area contributed by atoms with E-state index in [9.17, 15) is 0 Å². The molecule has 1 aliphatic carbocycles. The van der Waals surface area contributed by atoms with Gasteiger partial charge in [0, 0.05) is 17.6 Å². The predicted molar refractivity (Wildman–Crippen MR) is 108 cm³/mol. The molecule has 3 aromatic rings. The molecule has 0 amide bonds. The number of allylic oxidation sites excluding steroid dienone is 1. The van der Waals surface area contributed by atoms with Crippen LogP contribution in [0.4, 0.5) is 4.39 Å². The maximum absolute atomic E-state index is 15.6. The van der Waals surface area contributed by atoms with E-state index in [1.807, 2.05) is 84.9 Å². The number of aliphatic imine (C=N–C) groups is 1. The Morgan fingerprint density at radius 2 is 1.26 bits per heavy atom. The van der Waals surface area contributed by atoms with Crippen LogP contribution in [0.2, 0.25) is 0 Å². The van der Waals surface area contributed by atoms with Gasteiger partial charge in [-0.3, -0.25) is 4.99 Å². The third-order valence-corrected chi connectivity index (χ3v) is 5.40.